The summed E-state index contributed by atoms with van der Waals surface area (Å²) in [5.74, 6) is -0.212. The molecule has 4 rings (SSSR count). The van der Waals surface area contributed by atoms with Crippen molar-refractivity contribution in [3.05, 3.63) is 115 Å². The minimum atomic E-state index is -4.63. The number of hydrogen-bond acceptors (Lipinski definition) is 6. The Bertz CT molecular complexity index is 1560. The Balaban J connectivity index is 1.79. The zero-order valence-electron chi connectivity index (χ0n) is 23.0. The highest BCUT2D eigenvalue weighted by Crippen LogP contribution is 2.70. The third-order valence-electron chi connectivity index (χ3n) is 5.74. The second-order valence-electron chi connectivity index (χ2n) is 10.1. The zero-order chi connectivity index (χ0) is 30.6. The lowest BCUT2D eigenvalue weighted by atomic mass is 10.2. The topological polar surface area (TPSA) is 78.9 Å². The first-order valence-electron chi connectivity index (χ1n) is 12.7. The van der Waals surface area contributed by atoms with E-state index < -0.39 is 48.6 Å². The number of carbonyl (C=O) groups excluding carboxylic acids is 1. The molecular formula is C31H29F3O6S2. The molecule has 0 aliphatic heterocycles. The quantitative estimate of drug-likeness (QED) is 0.177. The summed E-state index contributed by atoms with van der Waals surface area (Å²) in [5.41, 5.74) is -1.65. The lowest BCUT2D eigenvalue weighted by Crippen LogP contribution is -2.27. The summed E-state index contributed by atoms with van der Waals surface area (Å²) >= 11 is 0. The van der Waals surface area contributed by atoms with Crippen molar-refractivity contribution in [1.82, 2.24) is 0 Å². The van der Waals surface area contributed by atoms with Gasteiger partial charge in [-0.25, -0.2) is 8.42 Å². The van der Waals surface area contributed by atoms with Gasteiger partial charge in [-0.15, -0.1) is 0 Å². The molecular weight excluding hydrogens is 589 g/mol. The van der Waals surface area contributed by atoms with Crippen molar-refractivity contribution >= 4 is 26.4 Å². The van der Waals surface area contributed by atoms with Gasteiger partial charge in [0.05, 0.1) is 10.5 Å². The molecule has 222 valence electrons. The number of benzene rings is 4. The van der Waals surface area contributed by atoms with Crippen LogP contribution in [-0.4, -0.2) is 26.6 Å². The van der Waals surface area contributed by atoms with Gasteiger partial charge in [0.15, 0.2) is 6.61 Å². The molecule has 0 radical (unpaired) electrons. The molecule has 0 aromatic heterocycles. The summed E-state index contributed by atoms with van der Waals surface area (Å²) in [6, 6.07) is 27.1. The molecule has 6 nitrogen and oxygen atoms in total. The van der Waals surface area contributed by atoms with Crippen LogP contribution >= 0.6 is 10.3 Å². The molecule has 0 unspecified atom stereocenters. The lowest BCUT2D eigenvalue weighted by Gasteiger charge is -2.39. The molecule has 4 aromatic carbocycles. The van der Waals surface area contributed by atoms with Crippen LogP contribution in [0.3, 0.4) is 0 Å². The standard InChI is InChI=1S/C31H29F3O6S2/c1-30(2,3)39-29(35)22-38-24-16-20-27(21-17-24)41(25-10-6-4-7-11-25,26-12-8-5-9-13-26)40-42(36,37)28-18-14-23(15-19-28)31(32,33)34/h4-21H,22H2,1-3H3. The minimum absolute atomic E-state index is 0.329. The summed E-state index contributed by atoms with van der Waals surface area (Å²) in [6.07, 6.45) is -4.63. The van der Waals surface area contributed by atoms with Gasteiger partial charge in [0.25, 0.3) is 0 Å². The Labute approximate surface area is 244 Å². The number of carbonyl (C=O) groups is 1. The van der Waals surface area contributed by atoms with E-state index >= 15 is 0 Å². The molecule has 0 spiro atoms. The molecule has 0 aliphatic rings. The maximum Gasteiger partial charge on any atom is 0.416 e. The summed E-state index contributed by atoms with van der Waals surface area (Å²) in [5, 5.41) is 0. The Morgan fingerprint density at radius 2 is 1.12 bits per heavy atom. The van der Waals surface area contributed by atoms with E-state index in [-0.39, 0.29) is 6.61 Å². The van der Waals surface area contributed by atoms with Gasteiger partial charge < -0.3 is 9.47 Å². The van der Waals surface area contributed by atoms with Gasteiger partial charge in [0, 0.05) is 14.7 Å². The highest BCUT2D eigenvalue weighted by Gasteiger charge is 2.39. The lowest BCUT2D eigenvalue weighted by molar-refractivity contribution is -0.157. The van der Waals surface area contributed by atoms with Crippen LogP contribution in [0.5, 0.6) is 5.75 Å². The SMILES string of the molecule is CC(C)(C)OC(=O)COc1ccc(S(OS(=O)(=O)c2ccc(C(F)(F)F)cc2)(c2ccccc2)c2ccccc2)cc1. The molecule has 0 amide bonds. The van der Waals surface area contributed by atoms with Gasteiger partial charge >= 0.3 is 22.3 Å². The van der Waals surface area contributed by atoms with Gasteiger partial charge in [-0.05, 0) is 104 Å². The number of ether oxygens (including phenoxy) is 2. The van der Waals surface area contributed by atoms with Crippen molar-refractivity contribution in [3.63, 3.8) is 0 Å². The maximum atomic E-state index is 13.7. The second-order valence-corrected chi connectivity index (χ2v) is 14.5. The molecule has 0 saturated heterocycles. The van der Waals surface area contributed by atoms with Crippen LogP contribution in [0, 0.1) is 0 Å². The smallest absolute Gasteiger partial charge is 0.416 e. The zero-order valence-corrected chi connectivity index (χ0v) is 24.6. The van der Waals surface area contributed by atoms with Crippen molar-refractivity contribution in [2.45, 2.75) is 52.1 Å². The number of halogens is 3. The first-order valence-corrected chi connectivity index (χ1v) is 15.7. The van der Waals surface area contributed by atoms with E-state index in [0.717, 1.165) is 12.1 Å². The Morgan fingerprint density at radius 3 is 1.57 bits per heavy atom. The summed E-state index contributed by atoms with van der Waals surface area (Å²) < 4.78 is 83.9. The van der Waals surface area contributed by atoms with Crippen LogP contribution < -0.4 is 4.74 Å². The highest BCUT2D eigenvalue weighted by atomic mass is 32.3. The largest absolute Gasteiger partial charge is 0.482 e. The highest BCUT2D eigenvalue weighted by molar-refractivity contribution is 8.33. The van der Waals surface area contributed by atoms with Crippen LogP contribution in [-0.2, 0) is 29.5 Å². The van der Waals surface area contributed by atoms with Crippen molar-refractivity contribution in [3.8, 4) is 5.75 Å². The van der Waals surface area contributed by atoms with E-state index in [1.54, 1.807) is 106 Å². The first-order chi connectivity index (χ1) is 19.7. The molecule has 0 atom stereocenters. The van der Waals surface area contributed by atoms with Crippen LogP contribution in [0.15, 0.2) is 129 Å². The van der Waals surface area contributed by atoms with Gasteiger partial charge in [0.2, 0.25) is 0 Å². The Morgan fingerprint density at radius 1 is 0.667 bits per heavy atom. The van der Waals surface area contributed by atoms with Gasteiger partial charge in [-0.3, -0.25) is 0 Å². The predicted molar refractivity (Wildman–Crippen MR) is 153 cm³/mol. The molecule has 0 saturated carbocycles. The monoisotopic (exact) mass is 618 g/mol. The fraction of sp³-hybridized carbons (Fsp3) is 0.194. The molecule has 0 bridgehead atoms. The number of rotatable bonds is 9. The number of alkyl halides is 3. The Kier molecular flexibility index (Phi) is 9.05. The molecule has 0 N–H and O–H groups in total. The molecule has 0 heterocycles. The molecule has 11 heteroatoms. The van der Waals surface area contributed by atoms with Crippen LogP contribution in [0.4, 0.5) is 13.2 Å². The number of esters is 1. The van der Waals surface area contributed by atoms with Crippen LogP contribution in [0.1, 0.15) is 26.3 Å². The van der Waals surface area contributed by atoms with E-state index in [9.17, 15) is 26.4 Å². The van der Waals surface area contributed by atoms with Crippen molar-refractivity contribution < 1.29 is 39.5 Å². The van der Waals surface area contributed by atoms with Gasteiger partial charge in [0.1, 0.15) is 11.4 Å². The molecule has 42 heavy (non-hydrogen) atoms. The Hall–Kier alpha value is -3.80. The fourth-order valence-corrected chi connectivity index (χ4v) is 9.19. The average molecular weight is 619 g/mol. The summed E-state index contributed by atoms with van der Waals surface area (Å²) in [4.78, 5) is 13.2. The van der Waals surface area contributed by atoms with E-state index in [1.165, 1.54) is 0 Å². The van der Waals surface area contributed by atoms with E-state index in [4.69, 9.17) is 13.1 Å². The van der Waals surface area contributed by atoms with E-state index in [0.29, 0.717) is 32.6 Å². The van der Waals surface area contributed by atoms with Crippen LogP contribution in [0.2, 0.25) is 0 Å². The third-order valence-corrected chi connectivity index (χ3v) is 10.9. The summed E-state index contributed by atoms with van der Waals surface area (Å²) in [6.45, 7) is 4.90. The predicted octanol–water partition coefficient (Wildman–Crippen LogP) is 8.03. The molecule has 0 aliphatic carbocycles. The minimum Gasteiger partial charge on any atom is -0.482 e. The van der Waals surface area contributed by atoms with Gasteiger partial charge in [-0.2, -0.15) is 21.6 Å². The van der Waals surface area contributed by atoms with E-state index in [1.807, 2.05) is 0 Å². The second kappa shape index (κ2) is 12.2. The van der Waals surface area contributed by atoms with E-state index in [2.05, 4.69) is 0 Å². The maximum absolute atomic E-state index is 13.7. The molecule has 4 aromatic rings. The first kappa shape index (κ1) is 31.1. The number of hydrogen-bond donors (Lipinski definition) is 0. The molecule has 0 fully saturated rings. The normalized spacial score (nSPS) is 12.9. The average Bonchev–Trinajstić information content (AvgIpc) is 2.95. The van der Waals surface area contributed by atoms with Crippen molar-refractivity contribution in [1.29, 1.82) is 0 Å². The van der Waals surface area contributed by atoms with Crippen LogP contribution in [0.25, 0.3) is 0 Å². The third kappa shape index (κ3) is 7.33. The van der Waals surface area contributed by atoms with Gasteiger partial charge in [-0.1, -0.05) is 36.4 Å². The fourth-order valence-electron chi connectivity index (χ4n) is 3.98. The summed E-state index contributed by atoms with van der Waals surface area (Å²) in [7, 11) is -7.60. The van der Waals surface area contributed by atoms with Crippen molar-refractivity contribution in [2.24, 2.45) is 0 Å². The van der Waals surface area contributed by atoms with Crippen molar-refractivity contribution in [2.75, 3.05) is 6.61 Å².